The van der Waals surface area contributed by atoms with Gasteiger partial charge in [0.05, 0.1) is 21.2 Å². The smallest absolute Gasteiger partial charge is 0.240 e. The molecule has 0 aliphatic carbocycles. The van der Waals surface area contributed by atoms with Crippen molar-refractivity contribution in [3.8, 4) is 0 Å². The Labute approximate surface area is 174 Å². The van der Waals surface area contributed by atoms with Crippen molar-refractivity contribution in [3.05, 3.63) is 48.0 Å². The first-order valence-corrected chi connectivity index (χ1v) is 11.8. The molecular weight excluding hydrogens is 408 g/mol. The van der Waals surface area contributed by atoms with E-state index in [-0.39, 0.29) is 16.1 Å². The predicted octanol–water partition coefficient (Wildman–Crippen LogP) is 2.77. The highest BCUT2D eigenvalue weighted by atomic mass is 32.2. The fourth-order valence-electron chi connectivity index (χ4n) is 3.66. The number of nitrogens with two attached hydrogens (primary N) is 1. The molecule has 9 heteroatoms. The number of aromatic nitrogens is 2. The highest BCUT2D eigenvalue weighted by Crippen LogP contribution is 2.33. The Kier molecular flexibility index (Phi) is 5.14. The van der Waals surface area contributed by atoms with Crippen LogP contribution in [0.3, 0.4) is 0 Å². The molecule has 2 heterocycles. The number of rotatable bonds is 5. The topological polar surface area (TPSA) is 98.3 Å². The summed E-state index contributed by atoms with van der Waals surface area (Å²) in [6.45, 7) is 5.21. The minimum atomic E-state index is -3.80. The van der Waals surface area contributed by atoms with Gasteiger partial charge in [0, 0.05) is 18.8 Å². The standard InChI is InChI=1S/C20H22N4O3S2/c1-3-23-18-9-8-15(29(21,26)27)12-16(18)22-20(23)28-13(2)19(25)24-11-10-14-6-4-5-7-17(14)24/h4-9,12-13H,3,10-11H2,1-2H3,(H2,21,26,27)/t13-/m0/s1. The SMILES string of the molecule is CCn1c(S[C@@H](C)C(=O)N2CCc3ccccc32)nc2cc(S(N)(=O)=O)ccc21. The van der Waals surface area contributed by atoms with Gasteiger partial charge in [-0.1, -0.05) is 30.0 Å². The summed E-state index contributed by atoms with van der Waals surface area (Å²) in [6.07, 6.45) is 0.864. The number of carbonyl (C=O) groups excluding carboxylic acids is 1. The number of benzene rings is 2. The maximum absolute atomic E-state index is 13.1. The molecule has 0 radical (unpaired) electrons. The summed E-state index contributed by atoms with van der Waals surface area (Å²) in [5, 5.41) is 5.59. The van der Waals surface area contributed by atoms with E-state index in [1.807, 2.05) is 41.5 Å². The third-order valence-corrected chi connectivity index (χ3v) is 7.10. The van der Waals surface area contributed by atoms with Gasteiger partial charge in [0.15, 0.2) is 5.16 Å². The number of amides is 1. The van der Waals surface area contributed by atoms with Gasteiger partial charge in [-0.25, -0.2) is 18.5 Å². The lowest BCUT2D eigenvalue weighted by molar-refractivity contribution is -0.117. The van der Waals surface area contributed by atoms with Crippen LogP contribution in [0.2, 0.25) is 0 Å². The summed E-state index contributed by atoms with van der Waals surface area (Å²) in [6, 6.07) is 12.6. The molecule has 1 aliphatic rings. The molecule has 3 aromatic rings. The van der Waals surface area contributed by atoms with E-state index in [2.05, 4.69) is 11.1 Å². The van der Waals surface area contributed by atoms with Crippen molar-refractivity contribution in [1.29, 1.82) is 0 Å². The summed E-state index contributed by atoms with van der Waals surface area (Å²) < 4.78 is 25.3. The van der Waals surface area contributed by atoms with Crippen molar-refractivity contribution in [2.45, 2.75) is 42.1 Å². The summed E-state index contributed by atoms with van der Waals surface area (Å²) in [5.41, 5.74) is 3.53. The first-order valence-electron chi connectivity index (χ1n) is 9.38. The number of carbonyl (C=O) groups is 1. The third-order valence-electron chi connectivity index (χ3n) is 5.11. The second kappa shape index (κ2) is 7.47. The maximum Gasteiger partial charge on any atom is 0.240 e. The lowest BCUT2D eigenvalue weighted by atomic mass is 10.2. The van der Waals surface area contributed by atoms with Gasteiger partial charge >= 0.3 is 0 Å². The largest absolute Gasteiger partial charge is 0.319 e. The molecule has 0 unspecified atom stereocenters. The summed E-state index contributed by atoms with van der Waals surface area (Å²) in [4.78, 5) is 19.5. The molecule has 0 saturated carbocycles. The van der Waals surface area contributed by atoms with E-state index in [0.29, 0.717) is 23.8 Å². The maximum atomic E-state index is 13.1. The molecule has 152 valence electrons. The molecule has 7 nitrogen and oxygen atoms in total. The van der Waals surface area contributed by atoms with E-state index in [0.717, 1.165) is 17.6 Å². The summed E-state index contributed by atoms with van der Waals surface area (Å²) in [7, 11) is -3.80. The van der Waals surface area contributed by atoms with Crippen LogP contribution < -0.4 is 10.0 Å². The molecule has 2 N–H and O–H groups in total. The number of thioether (sulfide) groups is 1. The van der Waals surface area contributed by atoms with Crippen LogP contribution in [0.4, 0.5) is 5.69 Å². The molecule has 1 aromatic heterocycles. The van der Waals surface area contributed by atoms with Crippen LogP contribution in [0.1, 0.15) is 19.4 Å². The van der Waals surface area contributed by atoms with Gasteiger partial charge in [-0.15, -0.1) is 0 Å². The quantitative estimate of drug-likeness (QED) is 0.628. The molecule has 2 aromatic carbocycles. The Balaban J connectivity index is 1.62. The van der Waals surface area contributed by atoms with Crippen molar-refractivity contribution in [2.24, 2.45) is 5.14 Å². The Hall–Kier alpha value is -2.36. The van der Waals surface area contributed by atoms with E-state index < -0.39 is 10.0 Å². The number of imidazole rings is 1. The number of fused-ring (bicyclic) bond motifs is 2. The second-order valence-corrected chi connectivity index (χ2v) is 9.83. The number of para-hydroxylation sites is 1. The van der Waals surface area contributed by atoms with Crippen LogP contribution in [0.25, 0.3) is 11.0 Å². The van der Waals surface area contributed by atoms with Crippen LogP contribution in [0.15, 0.2) is 52.5 Å². The molecule has 1 atom stereocenters. The predicted molar refractivity (Wildman–Crippen MR) is 115 cm³/mol. The average molecular weight is 431 g/mol. The molecule has 29 heavy (non-hydrogen) atoms. The Morgan fingerprint density at radius 1 is 1.28 bits per heavy atom. The van der Waals surface area contributed by atoms with Gasteiger partial charge in [-0.05, 0) is 50.1 Å². The fourth-order valence-corrected chi connectivity index (χ4v) is 5.24. The van der Waals surface area contributed by atoms with Crippen molar-refractivity contribution in [1.82, 2.24) is 9.55 Å². The number of hydrogen-bond donors (Lipinski definition) is 1. The third kappa shape index (κ3) is 3.65. The average Bonchev–Trinajstić information content (AvgIpc) is 3.26. The van der Waals surface area contributed by atoms with Crippen molar-refractivity contribution < 1.29 is 13.2 Å². The lowest BCUT2D eigenvalue weighted by Gasteiger charge is -2.21. The Morgan fingerprint density at radius 2 is 2.03 bits per heavy atom. The number of aryl methyl sites for hydroxylation is 1. The van der Waals surface area contributed by atoms with Crippen LogP contribution in [0.5, 0.6) is 0 Å². The monoisotopic (exact) mass is 430 g/mol. The van der Waals surface area contributed by atoms with Gasteiger partial charge in [0.1, 0.15) is 0 Å². The van der Waals surface area contributed by atoms with Crippen molar-refractivity contribution in [2.75, 3.05) is 11.4 Å². The van der Waals surface area contributed by atoms with Crippen LogP contribution >= 0.6 is 11.8 Å². The fraction of sp³-hybridized carbons (Fsp3) is 0.300. The lowest BCUT2D eigenvalue weighted by Crippen LogP contribution is -2.35. The normalized spacial score (nSPS) is 14.9. The molecule has 1 amide bonds. The van der Waals surface area contributed by atoms with Gasteiger partial charge in [-0.2, -0.15) is 0 Å². The van der Waals surface area contributed by atoms with E-state index in [1.54, 1.807) is 6.07 Å². The number of sulfonamides is 1. The van der Waals surface area contributed by atoms with E-state index in [4.69, 9.17) is 5.14 Å². The number of anilines is 1. The number of hydrogen-bond acceptors (Lipinski definition) is 5. The highest BCUT2D eigenvalue weighted by Gasteiger charge is 2.29. The molecule has 0 saturated heterocycles. The molecule has 4 rings (SSSR count). The molecule has 0 fully saturated rings. The first-order chi connectivity index (χ1) is 13.8. The van der Waals surface area contributed by atoms with Crippen LogP contribution in [-0.4, -0.2) is 35.7 Å². The highest BCUT2D eigenvalue weighted by molar-refractivity contribution is 8.00. The van der Waals surface area contributed by atoms with E-state index in [1.165, 1.54) is 29.5 Å². The zero-order valence-corrected chi connectivity index (χ0v) is 17.8. The Bertz CT molecular complexity index is 1200. The van der Waals surface area contributed by atoms with Gasteiger partial charge in [-0.3, -0.25) is 4.79 Å². The van der Waals surface area contributed by atoms with Gasteiger partial charge in [0.25, 0.3) is 0 Å². The van der Waals surface area contributed by atoms with E-state index >= 15 is 0 Å². The van der Waals surface area contributed by atoms with Crippen LogP contribution in [-0.2, 0) is 27.8 Å². The number of primary sulfonamides is 1. The number of nitrogens with zero attached hydrogens (tertiary/aromatic N) is 3. The minimum absolute atomic E-state index is 0.0279. The molecule has 1 aliphatic heterocycles. The van der Waals surface area contributed by atoms with Crippen molar-refractivity contribution >= 4 is 44.4 Å². The zero-order chi connectivity index (χ0) is 20.8. The zero-order valence-electron chi connectivity index (χ0n) is 16.2. The summed E-state index contributed by atoms with van der Waals surface area (Å²) >= 11 is 1.38. The minimum Gasteiger partial charge on any atom is -0.319 e. The molecule has 0 spiro atoms. The van der Waals surface area contributed by atoms with Gasteiger partial charge in [0.2, 0.25) is 15.9 Å². The van der Waals surface area contributed by atoms with E-state index in [9.17, 15) is 13.2 Å². The van der Waals surface area contributed by atoms with Gasteiger partial charge < -0.3 is 9.47 Å². The molecule has 0 bridgehead atoms. The van der Waals surface area contributed by atoms with Crippen LogP contribution in [0, 0.1) is 0 Å². The second-order valence-electron chi connectivity index (χ2n) is 6.96. The molecular formula is C20H22N4O3S2. The Morgan fingerprint density at radius 3 is 2.76 bits per heavy atom. The summed E-state index contributed by atoms with van der Waals surface area (Å²) in [5.74, 6) is 0.0416. The van der Waals surface area contributed by atoms with Crippen molar-refractivity contribution in [3.63, 3.8) is 0 Å². The first kappa shape index (κ1) is 19.9.